The Balaban J connectivity index is 1.58. The first-order chi connectivity index (χ1) is 25.9. The van der Waals surface area contributed by atoms with Crippen molar-refractivity contribution in [2.75, 3.05) is 0 Å². The topological polar surface area (TPSA) is 149 Å². The van der Waals surface area contributed by atoms with Crippen LogP contribution < -0.4 is 0 Å². The summed E-state index contributed by atoms with van der Waals surface area (Å²) in [7, 11) is 0. The molecule has 0 radical (unpaired) electrons. The van der Waals surface area contributed by atoms with Crippen LogP contribution in [0, 0.1) is 24.7 Å². The highest BCUT2D eigenvalue weighted by Crippen LogP contribution is 2.51. The van der Waals surface area contributed by atoms with Crippen LogP contribution in [0.3, 0.4) is 0 Å². The molecule has 0 heterocycles. The highest BCUT2D eigenvalue weighted by atomic mass is 16.4. The molecule has 298 valence electrons. The molecule has 0 spiro atoms. The molecule has 4 rings (SSSR count). The van der Waals surface area contributed by atoms with Gasteiger partial charge in [0.2, 0.25) is 0 Å². The number of carboxylic acids is 4. The molecule has 0 saturated heterocycles. The fourth-order valence-electron chi connectivity index (χ4n) is 8.57. The van der Waals surface area contributed by atoms with Crippen LogP contribution in [0.1, 0.15) is 175 Å². The van der Waals surface area contributed by atoms with Gasteiger partial charge in [-0.25, -0.2) is 0 Å². The second kappa shape index (κ2) is 20.8. The normalized spacial score (nSPS) is 15.2. The van der Waals surface area contributed by atoms with Crippen molar-refractivity contribution in [3.05, 3.63) is 57.6 Å². The molecule has 2 aromatic carbocycles. The molecule has 0 atom stereocenters. The van der Waals surface area contributed by atoms with E-state index in [0.717, 1.165) is 141 Å². The van der Waals surface area contributed by atoms with Gasteiger partial charge in [0, 0.05) is 12.8 Å². The Kier molecular flexibility index (Phi) is 16.6. The first-order valence-electron chi connectivity index (χ1n) is 21.0. The second-order valence-electron chi connectivity index (χ2n) is 16.7. The van der Waals surface area contributed by atoms with Crippen molar-refractivity contribution >= 4 is 23.9 Å². The molecule has 0 aromatic heterocycles. The SMILES string of the molecule is Cc1c(CCCCCCC(=O)O)cc(-c2c(CCCCCCC(=O)O)cccc2CCCCCC2(C(=O)O)CC2)c(C)c1CCCCCC1(C(=O)O)CC1. The molecule has 2 aliphatic carbocycles. The molecule has 54 heavy (non-hydrogen) atoms. The van der Waals surface area contributed by atoms with Gasteiger partial charge in [-0.2, -0.15) is 0 Å². The highest BCUT2D eigenvalue weighted by molar-refractivity contribution is 5.78. The molecule has 0 amide bonds. The predicted octanol–water partition coefficient (Wildman–Crippen LogP) is 11.1. The Morgan fingerprint density at radius 2 is 0.926 bits per heavy atom. The summed E-state index contributed by atoms with van der Waals surface area (Å²) in [5, 5.41) is 37.4. The zero-order chi connectivity index (χ0) is 39.1. The maximum atomic E-state index is 11.7. The Hall–Kier alpha value is -3.68. The van der Waals surface area contributed by atoms with Crippen LogP contribution in [0.25, 0.3) is 11.1 Å². The van der Waals surface area contributed by atoms with E-state index in [9.17, 15) is 29.4 Å². The molecule has 8 heteroatoms. The van der Waals surface area contributed by atoms with Crippen LogP contribution in [0.4, 0.5) is 0 Å². The summed E-state index contributed by atoms with van der Waals surface area (Å²) in [6, 6.07) is 9.13. The van der Waals surface area contributed by atoms with Gasteiger partial charge in [0.1, 0.15) is 0 Å². The first kappa shape index (κ1) is 43.1. The van der Waals surface area contributed by atoms with E-state index in [2.05, 4.69) is 38.1 Å². The summed E-state index contributed by atoms with van der Waals surface area (Å²) in [5.41, 5.74) is 9.72. The van der Waals surface area contributed by atoms with Crippen LogP contribution in [0.2, 0.25) is 0 Å². The molecular formula is C46H66O8. The first-order valence-corrected chi connectivity index (χ1v) is 21.0. The fraction of sp³-hybridized carbons (Fsp3) is 0.652. The average Bonchev–Trinajstić information content (AvgIpc) is 4.06. The van der Waals surface area contributed by atoms with Crippen LogP contribution in [0.15, 0.2) is 24.3 Å². The Morgan fingerprint density at radius 3 is 1.35 bits per heavy atom. The summed E-state index contributed by atoms with van der Waals surface area (Å²) in [6.45, 7) is 4.52. The molecule has 8 nitrogen and oxygen atoms in total. The average molecular weight is 747 g/mol. The molecule has 4 N–H and O–H groups in total. The van der Waals surface area contributed by atoms with Gasteiger partial charge in [0.15, 0.2) is 0 Å². The van der Waals surface area contributed by atoms with Gasteiger partial charge in [0.05, 0.1) is 10.8 Å². The number of carboxylic acid groups (broad SMARTS) is 4. The van der Waals surface area contributed by atoms with Gasteiger partial charge in [-0.1, -0.05) is 75.6 Å². The largest absolute Gasteiger partial charge is 0.481 e. The minimum absolute atomic E-state index is 0.211. The number of aliphatic carboxylic acids is 4. The van der Waals surface area contributed by atoms with Crippen molar-refractivity contribution in [3.63, 3.8) is 0 Å². The third-order valence-electron chi connectivity index (χ3n) is 12.6. The Morgan fingerprint density at radius 1 is 0.519 bits per heavy atom. The van der Waals surface area contributed by atoms with E-state index in [4.69, 9.17) is 10.2 Å². The van der Waals surface area contributed by atoms with Crippen LogP contribution >= 0.6 is 0 Å². The van der Waals surface area contributed by atoms with E-state index in [1.807, 2.05) is 0 Å². The molecule has 2 saturated carbocycles. The Labute approximate surface area is 323 Å². The molecule has 2 aromatic rings. The smallest absolute Gasteiger partial charge is 0.309 e. The lowest BCUT2D eigenvalue weighted by atomic mass is 9.81. The van der Waals surface area contributed by atoms with E-state index >= 15 is 0 Å². The number of hydrogen-bond donors (Lipinski definition) is 4. The number of benzene rings is 2. The number of carbonyl (C=O) groups is 4. The lowest BCUT2D eigenvalue weighted by Gasteiger charge is -2.23. The zero-order valence-electron chi connectivity index (χ0n) is 33.1. The molecule has 0 aliphatic heterocycles. The quantitative estimate of drug-likeness (QED) is 0.0601. The van der Waals surface area contributed by atoms with Crippen molar-refractivity contribution in [2.45, 2.75) is 181 Å². The van der Waals surface area contributed by atoms with E-state index in [0.29, 0.717) is 12.8 Å². The summed E-state index contributed by atoms with van der Waals surface area (Å²) in [5.74, 6) is -2.77. The summed E-state index contributed by atoms with van der Waals surface area (Å²) < 4.78 is 0. The van der Waals surface area contributed by atoms with Crippen molar-refractivity contribution in [3.8, 4) is 11.1 Å². The maximum Gasteiger partial charge on any atom is 0.309 e. The van der Waals surface area contributed by atoms with Gasteiger partial charge in [-0.05, 0) is 161 Å². The van der Waals surface area contributed by atoms with Crippen LogP contribution in [-0.4, -0.2) is 44.3 Å². The van der Waals surface area contributed by atoms with Gasteiger partial charge in [-0.3, -0.25) is 19.2 Å². The summed E-state index contributed by atoms with van der Waals surface area (Å²) >= 11 is 0. The second-order valence-corrected chi connectivity index (χ2v) is 16.7. The molecule has 0 unspecified atom stereocenters. The third kappa shape index (κ3) is 12.7. The lowest BCUT2D eigenvalue weighted by molar-refractivity contribution is -0.144. The number of aryl methyl sites for hydroxylation is 3. The van der Waals surface area contributed by atoms with Gasteiger partial charge < -0.3 is 20.4 Å². The summed E-state index contributed by atoms with van der Waals surface area (Å²) in [4.78, 5) is 45.5. The van der Waals surface area contributed by atoms with Crippen molar-refractivity contribution in [1.82, 2.24) is 0 Å². The lowest BCUT2D eigenvalue weighted by Crippen LogP contribution is -2.14. The van der Waals surface area contributed by atoms with Crippen molar-refractivity contribution in [1.29, 1.82) is 0 Å². The van der Waals surface area contributed by atoms with E-state index in [-0.39, 0.29) is 12.8 Å². The molecule has 2 fully saturated rings. The van der Waals surface area contributed by atoms with Gasteiger partial charge in [0.25, 0.3) is 0 Å². The number of hydrogen-bond acceptors (Lipinski definition) is 4. The van der Waals surface area contributed by atoms with Gasteiger partial charge >= 0.3 is 23.9 Å². The van der Waals surface area contributed by atoms with Crippen molar-refractivity contribution in [2.24, 2.45) is 10.8 Å². The predicted molar refractivity (Wildman–Crippen MR) is 213 cm³/mol. The zero-order valence-corrected chi connectivity index (χ0v) is 33.1. The van der Waals surface area contributed by atoms with Gasteiger partial charge in [-0.15, -0.1) is 0 Å². The van der Waals surface area contributed by atoms with Crippen LogP contribution in [0.5, 0.6) is 0 Å². The van der Waals surface area contributed by atoms with Crippen molar-refractivity contribution < 1.29 is 39.6 Å². The monoisotopic (exact) mass is 746 g/mol. The number of rotatable bonds is 29. The van der Waals surface area contributed by atoms with E-state index < -0.39 is 34.7 Å². The number of unbranched alkanes of at least 4 members (excludes halogenated alkanes) is 10. The van der Waals surface area contributed by atoms with Crippen LogP contribution in [-0.2, 0) is 44.9 Å². The molecular weight excluding hydrogens is 680 g/mol. The van der Waals surface area contributed by atoms with E-state index in [1.165, 1.54) is 44.5 Å². The molecule has 2 aliphatic rings. The minimum Gasteiger partial charge on any atom is -0.481 e. The third-order valence-corrected chi connectivity index (χ3v) is 12.6. The molecule has 0 bridgehead atoms. The Bertz CT molecular complexity index is 1580. The highest BCUT2D eigenvalue weighted by Gasteiger charge is 2.49. The fourth-order valence-corrected chi connectivity index (χ4v) is 8.57. The standard InChI is InChI=1S/C46H66O8/c1-33-37(20-10-4-6-14-25-41(49)50)32-39(34(2)38(33)23-12-8-16-27-46(30-31-46)44(53)54)42-35(18-9-3-5-13-24-40(47)48)21-17-22-36(42)19-11-7-15-26-45(28-29-45)43(51)52/h17,21-22,32H,3-16,18-20,23-31H2,1-2H3,(H,47,48)(H,49,50)(H,51,52)(H,53,54). The minimum atomic E-state index is -0.742. The maximum absolute atomic E-state index is 11.7. The summed E-state index contributed by atoms with van der Waals surface area (Å²) in [6.07, 6.45) is 21.9. The van der Waals surface area contributed by atoms with E-state index in [1.54, 1.807) is 0 Å².